The van der Waals surface area contributed by atoms with Crippen molar-refractivity contribution in [3.63, 3.8) is 0 Å². The van der Waals surface area contributed by atoms with Crippen LogP contribution in [-0.4, -0.2) is 42.3 Å². The standard InChI is InChI=1S/C12H15ClN6S/c13-10-16-11(14-8-9-4-1-2-7-20-9)18-12(17-10)19-6-3-5-15-19/h3,5-6,9H,1-2,4,7-8H2,(H,14,16,17,18). The second-order valence-electron chi connectivity index (χ2n) is 4.55. The summed E-state index contributed by atoms with van der Waals surface area (Å²) >= 11 is 7.94. The summed E-state index contributed by atoms with van der Waals surface area (Å²) in [6, 6.07) is 1.81. The Morgan fingerprint density at radius 3 is 3.05 bits per heavy atom. The van der Waals surface area contributed by atoms with Gasteiger partial charge in [0.1, 0.15) is 0 Å². The number of aromatic nitrogens is 5. The Kier molecular flexibility index (Phi) is 4.37. The molecule has 0 bridgehead atoms. The first-order chi connectivity index (χ1) is 9.81. The maximum atomic E-state index is 5.94. The lowest BCUT2D eigenvalue weighted by Gasteiger charge is -2.21. The van der Waals surface area contributed by atoms with Gasteiger partial charge in [0, 0.05) is 24.2 Å². The van der Waals surface area contributed by atoms with E-state index in [1.165, 1.54) is 25.0 Å². The zero-order valence-electron chi connectivity index (χ0n) is 10.9. The average molecular weight is 311 g/mol. The van der Waals surface area contributed by atoms with Gasteiger partial charge in [0.05, 0.1) is 0 Å². The number of rotatable bonds is 4. The van der Waals surface area contributed by atoms with Gasteiger partial charge in [0.25, 0.3) is 5.95 Å². The minimum atomic E-state index is 0.171. The number of thioether (sulfide) groups is 1. The molecule has 1 N–H and O–H groups in total. The highest BCUT2D eigenvalue weighted by Gasteiger charge is 2.14. The SMILES string of the molecule is Clc1nc(NCC2CCCCS2)nc(-n2cccn2)n1. The van der Waals surface area contributed by atoms with E-state index in [1.54, 1.807) is 17.1 Å². The summed E-state index contributed by atoms with van der Waals surface area (Å²) in [6.45, 7) is 0.851. The molecule has 0 aromatic carbocycles. The van der Waals surface area contributed by atoms with Crippen LogP contribution in [-0.2, 0) is 0 Å². The normalized spacial score (nSPS) is 18.9. The first-order valence-electron chi connectivity index (χ1n) is 6.58. The number of hydrogen-bond donors (Lipinski definition) is 1. The molecule has 20 heavy (non-hydrogen) atoms. The van der Waals surface area contributed by atoms with Crippen LogP contribution in [0.5, 0.6) is 0 Å². The van der Waals surface area contributed by atoms with Crippen LogP contribution >= 0.6 is 23.4 Å². The van der Waals surface area contributed by atoms with E-state index in [4.69, 9.17) is 11.6 Å². The number of hydrogen-bond acceptors (Lipinski definition) is 6. The molecule has 0 radical (unpaired) electrons. The van der Waals surface area contributed by atoms with E-state index in [0.717, 1.165) is 6.54 Å². The molecule has 6 nitrogen and oxygen atoms in total. The van der Waals surface area contributed by atoms with Crippen molar-refractivity contribution >= 4 is 29.3 Å². The van der Waals surface area contributed by atoms with Crippen LogP contribution in [0, 0.1) is 0 Å². The van der Waals surface area contributed by atoms with Crippen molar-refractivity contribution in [2.24, 2.45) is 0 Å². The summed E-state index contributed by atoms with van der Waals surface area (Å²) in [7, 11) is 0. The van der Waals surface area contributed by atoms with Gasteiger partial charge in [-0.25, -0.2) is 4.68 Å². The third-order valence-corrected chi connectivity index (χ3v) is 4.63. The first kappa shape index (κ1) is 13.6. The van der Waals surface area contributed by atoms with Crippen LogP contribution in [0.1, 0.15) is 19.3 Å². The second-order valence-corrected chi connectivity index (χ2v) is 6.29. The van der Waals surface area contributed by atoms with Crippen molar-refractivity contribution in [3.05, 3.63) is 23.7 Å². The molecular formula is C12H15ClN6S. The molecule has 1 saturated heterocycles. The molecule has 106 valence electrons. The van der Waals surface area contributed by atoms with E-state index in [1.807, 2.05) is 17.8 Å². The van der Waals surface area contributed by atoms with Gasteiger partial charge in [-0.05, 0) is 36.3 Å². The summed E-state index contributed by atoms with van der Waals surface area (Å²) in [5.41, 5.74) is 0. The van der Waals surface area contributed by atoms with Crippen LogP contribution in [0.15, 0.2) is 18.5 Å². The number of halogens is 1. The molecule has 1 aliphatic heterocycles. The molecule has 2 aromatic heterocycles. The van der Waals surface area contributed by atoms with Crippen molar-refractivity contribution in [1.82, 2.24) is 24.7 Å². The van der Waals surface area contributed by atoms with E-state index in [2.05, 4.69) is 25.4 Å². The molecule has 0 spiro atoms. The minimum Gasteiger partial charge on any atom is -0.353 e. The largest absolute Gasteiger partial charge is 0.353 e. The Bertz CT molecular complexity index is 555. The smallest absolute Gasteiger partial charge is 0.256 e. The molecule has 3 heterocycles. The molecule has 0 aliphatic carbocycles. The third kappa shape index (κ3) is 3.40. The van der Waals surface area contributed by atoms with Crippen molar-refractivity contribution in [2.75, 3.05) is 17.6 Å². The summed E-state index contributed by atoms with van der Waals surface area (Å²) in [4.78, 5) is 12.5. The van der Waals surface area contributed by atoms with Gasteiger partial charge in [-0.1, -0.05) is 6.42 Å². The fourth-order valence-electron chi connectivity index (χ4n) is 2.08. The Hall–Kier alpha value is -1.34. The van der Waals surface area contributed by atoms with Gasteiger partial charge in [-0.15, -0.1) is 0 Å². The minimum absolute atomic E-state index is 0.171. The van der Waals surface area contributed by atoms with Crippen LogP contribution < -0.4 is 5.32 Å². The van der Waals surface area contributed by atoms with Crippen molar-refractivity contribution < 1.29 is 0 Å². The molecule has 2 aromatic rings. The number of nitrogens with one attached hydrogen (secondary N) is 1. The van der Waals surface area contributed by atoms with Gasteiger partial charge in [0.2, 0.25) is 11.2 Å². The lowest BCUT2D eigenvalue weighted by molar-refractivity contribution is 0.675. The second kappa shape index (κ2) is 6.41. The monoisotopic (exact) mass is 310 g/mol. The Morgan fingerprint density at radius 1 is 1.35 bits per heavy atom. The zero-order valence-corrected chi connectivity index (χ0v) is 12.4. The first-order valence-corrected chi connectivity index (χ1v) is 8.01. The molecule has 3 rings (SSSR count). The van der Waals surface area contributed by atoms with E-state index in [0.29, 0.717) is 17.1 Å². The topological polar surface area (TPSA) is 68.5 Å². The molecule has 1 fully saturated rings. The maximum absolute atomic E-state index is 5.94. The van der Waals surface area contributed by atoms with E-state index >= 15 is 0 Å². The Morgan fingerprint density at radius 2 is 2.30 bits per heavy atom. The average Bonchev–Trinajstić information content (AvgIpc) is 3.00. The quantitative estimate of drug-likeness (QED) is 0.935. The summed E-state index contributed by atoms with van der Waals surface area (Å²) in [5, 5.41) is 8.13. The van der Waals surface area contributed by atoms with E-state index in [-0.39, 0.29) is 5.28 Å². The molecule has 1 aliphatic rings. The molecule has 8 heteroatoms. The summed E-state index contributed by atoms with van der Waals surface area (Å²) < 4.78 is 1.56. The van der Waals surface area contributed by atoms with E-state index in [9.17, 15) is 0 Å². The fraction of sp³-hybridized carbons (Fsp3) is 0.500. The molecule has 0 amide bonds. The van der Waals surface area contributed by atoms with Crippen LogP contribution in [0.2, 0.25) is 5.28 Å². The van der Waals surface area contributed by atoms with Crippen molar-refractivity contribution in [3.8, 4) is 5.95 Å². The highest BCUT2D eigenvalue weighted by molar-refractivity contribution is 7.99. The predicted molar refractivity (Wildman–Crippen MR) is 80.5 cm³/mol. The van der Waals surface area contributed by atoms with E-state index < -0.39 is 0 Å². The van der Waals surface area contributed by atoms with Gasteiger partial charge in [-0.2, -0.15) is 31.8 Å². The number of anilines is 1. The van der Waals surface area contributed by atoms with Crippen LogP contribution in [0.3, 0.4) is 0 Å². The van der Waals surface area contributed by atoms with Gasteiger partial charge >= 0.3 is 0 Å². The lowest BCUT2D eigenvalue weighted by atomic mass is 10.2. The summed E-state index contributed by atoms with van der Waals surface area (Å²) in [6.07, 6.45) is 7.30. The molecular weight excluding hydrogens is 296 g/mol. The molecule has 1 unspecified atom stereocenters. The maximum Gasteiger partial charge on any atom is 0.256 e. The predicted octanol–water partition coefficient (Wildman–Crippen LogP) is 2.41. The number of nitrogens with zero attached hydrogens (tertiary/aromatic N) is 5. The highest BCUT2D eigenvalue weighted by Crippen LogP contribution is 2.25. The molecule has 1 atom stereocenters. The van der Waals surface area contributed by atoms with Gasteiger partial charge in [0.15, 0.2) is 0 Å². The lowest BCUT2D eigenvalue weighted by Crippen LogP contribution is -2.21. The fourth-order valence-corrected chi connectivity index (χ4v) is 3.48. The van der Waals surface area contributed by atoms with Crippen molar-refractivity contribution in [2.45, 2.75) is 24.5 Å². The summed E-state index contributed by atoms with van der Waals surface area (Å²) in [5.74, 6) is 2.17. The third-order valence-electron chi connectivity index (χ3n) is 3.07. The highest BCUT2D eigenvalue weighted by atomic mass is 35.5. The zero-order chi connectivity index (χ0) is 13.8. The van der Waals surface area contributed by atoms with Crippen LogP contribution in [0.4, 0.5) is 5.95 Å². The molecule has 0 saturated carbocycles. The van der Waals surface area contributed by atoms with Gasteiger partial charge < -0.3 is 5.32 Å². The van der Waals surface area contributed by atoms with Crippen molar-refractivity contribution in [1.29, 1.82) is 0 Å². The Balaban J connectivity index is 1.69. The Labute approximate surface area is 126 Å². The van der Waals surface area contributed by atoms with Crippen LogP contribution in [0.25, 0.3) is 5.95 Å². The van der Waals surface area contributed by atoms with Gasteiger partial charge in [-0.3, -0.25) is 0 Å².